The predicted molar refractivity (Wildman–Crippen MR) is 56.6 cm³/mol. The van der Waals surface area contributed by atoms with Gasteiger partial charge < -0.3 is 10.6 Å². The normalized spacial score (nSPS) is 25.1. The topological polar surface area (TPSA) is 24.1 Å². The van der Waals surface area contributed by atoms with Crippen molar-refractivity contribution in [2.75, 3.05) is 13.1 Å². The van der Waals surface area contributed by atoms with Crippen molar-refractivity contribution < 1.29 is 0 Å². The van der Waals surface area contributed by atoms with Gasteiger partial charge in [-0.2, -0.15) is 0 Å². The van der Waals surface area contributed by atoms with Crippen LogP contribution in [0.25, 0.3) is 0 Å². The van der Waals surface area contributed by atoms with Crippen LogP contribution in [0, 0.1) is 12.3 Å². The van der Waals surface area contributed by atoms with Crippen molar-refractivity contribution in [2.24, 2.45) is 0 Å². The van der Waals surface area contributed by atoms with Crippen molar-refractivity contribution in [1.29, 1.82) is 0 Å². The van der Waals surface area contributed by atoms with E-state index in [0.717, 1.165) is 13.0 Å². The summed E-state index contributed by atoms with van der Waals surface area (Å²) in [6.45, 7) is 4.38. The van der Waals surface area contributed by atoms with E-state index in [9.17, 15) is 0 Å². The van der Waals surface area contributed by atoms with Gasteiger partial charge in [-0.15, -0.1) is 12.3 Å². The van der Waals surface area contributed by atoms with Crippen molar-refractivity contribution in [1.82, 2.24) is 10.6 Å². The molecule has 1 fully saturated rings. The molecule has 2 nitrogen and oxygen atoms in total. The van der Waals surface area contributed by atoms with Gasteiger partial charge in [0.2, 0.25) is 0 Å². The van der Waals surface area contributed by atoms with E-state index >= 15 is 0 Å². The molecule has 2 heteroatoms. The lowest BCUT2D eigenvalue weighted by molar-refractivity contribution is 0.370. The Kier molecular flexibility index (Phi) is 4.88. The summed E-state index contributed by atoms with van der Waals surface area (Å²) in [6.07, 6.45) is 10.1. The highest BCUT2D eigenvalue weighted by Gasteiger charge is 2.12. The maximum Gasteiger partial charge on any atom is 0.0238 e. The molecule has 13 heavy (non-hydrogen) atoms. The molecule has 0 aromatic rings. The van der Waals surface area contributed by atoms with E-state index in [2.05, 4.69) is 23.5 Å². The van der Waals surface area contributed by atoms with Crippen molar-refractivity contribution in [3.8, 4) is 12.3 Å². The molecule has 0 spiro atoms. The molecular weight excluding hydrogens is 160 g/mol. The molecule has 0 aromatic carbocycles. The van der Waals surface area contributed by atoms with Crippen molar-refractivity contribution >= 4 is 0 Å². The quantitative estimate of drug-likeness (QED) is 0.634. The van der Waals surface area contributed by atoms with E-state index in [-0.39, 0.29) is 0 Å². The molecule has 0 aromatic heterocycles. The second-order valence-electron chi connectivity index (χ2n) is 3.86. The number of piperidine rings is 1. The van der Waals surface area contributed by atoms with E-state index in [4.69, 9.17) is 6.42 Å². The third kappa shape index (κ3) is 4.31. The number of rotatable bonds is 4. The van der Waals surface area contributed by atoms with Crippen LogP contribution in [0.15, 0.2) is 0 Å². The van der Waals surface area contributed by atoms with E-state index in [1.165, 1.54) is 25.8 Å². The molecular formula is C11H20N2. The molecule has 2 atom stereocenters. The Hall–Kier alpha value is -0.520. The predicted octanol–water partition coefficient (Wildman–Crippen LogP) is 1.13. The molecule has 1 aliphatic rings. The van der Waals surface area contributed by atoms with Crippen molar-refractivity contribution in [3.63, 3.8) is 0 Å². The highest BCUT2D eigenvalue weighted by molar-refractivity contribution is 4.88. The van der Waals surface area contributed by atoms with Crippen LogP contribution in [0.2, 0.25) is 0 Å². The van der Waals surface area contributed by atoms with Gasteiger partial charge in [-0.05, 0) is 26.3 Å². The molecule has 1 saturated heterocycles. The van der Waals surface area contributed by atoms with Gasteiger partial charge in [0.15, 0.2) is 0 Å². The lowest BCUT2D eigenvalue weighted by atomic mass is 10.0. The van der Waals surface area contributed by atoms with Gasteiger partial charge in [0.1, 0.15) is 0 Å². The molecule has 74 valence electrons. The Balaban J connectivity index is 2.07. The maximum absolute atomic E-state index is 5.23. The lowest BCUT2D eigenvalue weighted by Crippen LogP contribution is -2.44. The van der Waals surface area contributed by atoms with Crippen LogP contribution in [-0.2, 0) is 0 Å². The highest BCUT2D eigenvalue weighted by atomic mass is 15.0. The zero-order valence-electron chi connectivity index (χ0n) is 8.47. The van der Waals surface area contributed by atoms with Crippen LogP contribution >= 0.6 is 0 Å². The SMILES string of the molecule is C#CCC(C)NCC1CCCCN1. The summed E-state index contributed by atoms with van der Waals surface area (Å²) in [4.78, 5) is 0. The Morgan fingerprint density at radius 2 is 2.46 bits per heavy atom. The highest BCUT2D eigenvalue weighted by Crippen LogP contribution is 2.06. The van der Waals surface area contributed by atoms with Crippen LogP contribution in [0.3, 0.4) is 0 Å². The first-order chi connectivity index (χ1) is 6.33. The van der Waals surface area contributed by atoms with Crippen molar-refractivity contribution in [3.05, 3.63) is 0 Å². The van der Waals surface area contributed by atoms with E-state index in [0.29, 0.717) is 12.1 Å². The van der Waals surface area contributed by atoms with Gasteiger partial charge in [0.05, 0.1) is 0 Å². The first kappa shape index (κ1) is 10.6. The lowest BCUT2D eigenvalue weighted by Gasteiger charge is -2.25. The van der Waals surface area contributed by atoms with Crippen LogP contribution in [0.5, 0.6) is 0 Å². The maximum atomic E-state index is 5.23. The zero-order valence-corrected chi connectivity index (χ0v) is 8.47. The fraction of sp³-hybridized carbons (Fsp3) is 0.818. The fourth-order valence-electron chi connectivity index (χ4n) is 1.69. The van der Waals surface area contributed by atoms with Crippen molar-refractivity contribution in [2.45, 2.75) is 44.7 Å². The summed E-state index contributed by atoms with van der Waals surface area (Å²) in [5, 5.41) is 6.95. The van der Waals surface area contributed by atoms with Gasteiger partial charge in [0.25, 0.3) is 0 Å². The summed E-state index contributed by atoms with van der Waals surface area (Å²) < 4.78 is 0. The summed E-state index contributed by atoms with van der Waals surface area (Å²) in [6, 6.07) is 1.11. The molecule has 0 saturated carbocycles. The van der Waals surface area contributed by atoms with Gasteiger partial charge in [-0.25, -0.2) is 0 Å². The van der Waals surface area contributed by atoms with Crippen LogP contribution in [0.4, 0.5) is 0 Å². The summed E-state index contributed by atoms with van der Waals surface area (Å²) in [7, 11) is 0. The smallest absolute Gasteiger partial charge is 0.0238 e. The summed E-state index contributed by atoms with van der Waals surface area (Å²) in [5.74, 6) is 2.67. The van der Waals surface area contributed by atoms with Crippen LogP contribution in [0.1, 0.15) is 32.6 Å². The van der Waals surface area contributed by atoms with Gasteiger partial charge >= 0.3 is 0 Å². The molecule has 2 N–H and O–H groups in total. The van der Waals surface area contributed by atoms with E-state index in [1.807, 2.05) is 0 Å². The molecule has 1 heterocycles. The molecule has 0 amide bonds. The fourth-order valence-corrected chi connectivity index (χ4v) is 1.69. The summed E-state index contributed by atoms with van der Waals surface area (Å²) >= 11 is 0. The average Bonchev–Trinajstić information content (AvgIpc) is 2.17. The molecule has 0 bridgehead atoms. The van der Waals surface area contributed by atoms with Gasteiger partial charge in [-0.3, -0.25) is 0 Å². The molecule has 0 radical (unpaired) electrons. The Bertz CT molecular complexity index is 165. The minimum Gasteiger partial charge on any atom is -0.313 e. The monoisotopic (exact) mass is 180 g/mol. The first-order valence-corrected chi connectivity index (χ1v) is 5.23. The van der Waals surface area contributed by atoms with Crippen LogP contribution in [-0.4, -0.2) is 25.2 Å². The largest absolute Gasteiger partial charge is 0.313 e. The number of terminal acetylenes is 1. The second-order valence-corrected chi connectivity index (χ2v) is 3.86. The third-order valence-corrected chi connectivity index (χ3v) is 2.55. The molecule has 2 unspecified atom stereocenters. The molecule has 1 rings (SSSR count). The average molecular weight is 180 g/mol. The Labute approximate surface area is 81.5 Å². The van der Waals surface area contributed by atoms with Gasteiger partial charge in [0, 0.05) is 25.0 Å². The Morgan fingerprint density at radius 1 is 1.62 bits per heavy atom. The van der Waals surface area contributed by atoms with Crippen LogP contribution < -0.4 is 10.6 Å². The Morgan fingerprint density at radius 3 is 3.08 bits per heavy atom. The minimum absolute atomic E-state index is 0.453. The number of hydrogen-bond acceptors (Lipinski definition) is 2. The first-order valence-electron chi connectivity index (χ1n) is 5.23. The molecule has 1 aliphatic heterocycles. The number of nitrogens with one attached hydrogen (secondary N) is 2. The standard InChI is InChI=1S/C11H20N2/c1-3-6-10(2)13-9-11-7-4-5-8-12-11/h1,10-13H,4-9H2,2H3. The third-order valence-electron chi connectivity index (χ3n) is 2.55. The minimum atomic E-state index is 0.453. The van der Waals surface area contributed by atoms with Gasteiger partial charge in [-0.1, -0.05) is 6.42 Å². The second kappa shape index (κ2) is 6.01. The summed E-state index contributed by atoms with van der Waals surface area (Å²) in [5.41, 5.74) is 0. The molecule has 0 aliphatic carbocycles. The van der Waals surface area contributed by atoms with E-state index < -0.39 is 0 Å². The van der Waals surface area contributed by atoms with E-state index in [1.54, 1.807) is 0 Å². The number of hydrogen-bond donors (Lipinski definition) is 2. The zero-order chi connectivity index (χ0) is 9.52.